The third kappa shape index (κ3) is 3.89. The van der Waals surface area contributed by atoms with Crippen molar-refractivity contribution in [2.45, 2.75) is 19.5 Å². The molecule has 3 aromatic heterocycles. The van der Waals surface area contributed by atoms with Crippen LogP contribution < -0.4 is 10.1 Å². The van der Waals surface area contributed by atoms with E-state index in [1.165, 1.54) is 16.8 Å². The molecule has 1 aliphatic heterocycles. The number of anilines is 1. The molecule has 156 valence electrons. The number of aromatic nitrogens is 5. The molecule has 0 saturated carbocycles. The van der Waals surface area contributed by atoms with Gasteiger partial charge in [-0.2, -0.15) is 10.2 Å². The highest BCUT2D eigenvalue weighted by atomic mass is 19.1. The van der Waals surface area contributed by atoms with Gasteiger partial charge in [0.15, 0.2) is 0 Å². The lowest BCUT2D eigenvalue weighted by Crippen LogP contribution is -2.19. The van der Waals surface area contributed by atoms with Gasteiger partial charge in [0.05, 0.1) is 12.2 Å². The normalized spacial score (nSPS) is 12.8. The number of nitrogens with zero attached hydrogens (tertiary/aromatic N) is 5. The first-order valence-electron chi connectivity index (χ1n) is 9.90. The zero-order valence-corrected chi connectivity index (χ0v) is 16.5. The fraction of sp³-hybridized carbons (Fsp3) is 0.182. The number of benzene rings is 1. The number of carbonyl (C=O) groups is 1. The Morgan fingerprint density at radius 3 is 2.84 bits per heavy atom. The molecular weight excluding hydrogens is 399 g/mol. The van der Waals surface area contributed by atoms with Crippen LogP contribution in [0.25, 0.3) is 22.4 Å². The summed E-state index contributed by atoms with van der Waals surface area (Å²) >= 11 is 0. The SMILES string of the molecule is O=C(Cn1cccn1)Nc1cc(-c2c(-c3ccc(F)cc3)nn3c2OCCC3)ccn1. The summed E-state index contributed by atoms with van der Waals surface area (Å²) in [6.45, 7) is 1.42. The minimum Gasteiger partial charge on any atom is -0.477 e. The second kappa shape index (κ2) is 8.02. The van der Waals surface area contributed by atoms with Gasteiger partial charge in [-0.1, -0.05) is 0 Å². The number of carbonyl (C=O) groups excluding carboxylic acids is 1. The fourth-order valence-electron chi connectivity index (χ4n) is 3.58. The Hall–Kier alpha value is -4.01. The van der Waals surface area contributed by atoms with Crippen molar-refractivity contribution in [3.8, 4) is 28.3 Å². The second-order valence-electron chi connectivity index (χ2n) is 7.14. The third-order valence-electron chi connectivity index (χ3n) is 4.96. The van der Waals surface area contributed by atoms with E-state index in [1.54, 1.807) is 42.9 Å². The monoisotopic (exact) mass is 418 g/mol. The average molecular weight is 418 g/mol. The first-order chi connectivity index (χ1) is 15.2. The summed E-state index contributed by atoms with van der Waals surface area (Å²) < 4.78 is 22.8. The summed E-state index contributed by atoms with van der Waals surface area (Å²) in [7, 11) is 0. The minimum atomic E-state index is -0.309. The van der Waals surface area contributed by atoms with Gasteiger partial charge in [0.2, 0.25) is 11.8 Å². The molecule has 4 heterocycles. The highest BCUT2D eigenvalue weighted by Crippen LogP contribution is 2.41. The van der Waals surface area contributed by atoms with Crippen molar-refractivity contribution in [3.05, 3.63) is 66.9 Å². The smallest absolute Gasteiger partial charge is 0.247 e. The van der Waals surface area contributed by atoms with Crippen molar-refractivity contribution < 1.29 is 13.9 Å². The second-order valence-corrected chi connectivity index (χ2v) is 7.14. The summed E-state index contributed by atoms with van der Waals surface area (Å²) in [5.74, 6) is 0.526. The van der Waals surface area contributed by atoms with Crippen molar-refractivity contribution in [1.29, 1.82) is 0 Å². The molecule has 8 nitrogen and oxygen atoms in total. The van der Waals surface area contributed by atoms with Crippen molar-refractivity contribution >= 4 is 11.7 Å². The van der Waals surface area contributed by atoms with Gasteiger partial charge in [-0.25, -0.2) is 14.1 Å². The van der Waals surface area contributed by atoms with Crippen LogP contribution in [-0.4, -0.2) is 37.1 Å². The van der Waals surface area contributed by atoms with Crippen LogP contribution in [0, 0.1) is 5.82 Å². The Morgan fingerprint density at radius 1 is 1.16 bits per heavy atom. The van der Waals surface area contributed by atoms with E-state index in [0.717, 1.165) is 29.7 Å². The van der Waals surface area contributed by atoms with Gasteiger partial charge in [-0.05, 0) is 48.0 Å². The number of hydrogen-bond donors (Lipinski definition) is 1. The number of rotatable bonds is 5. The highest BCUT2D eigenvalue weighted by Gasteiger charge is 2.24. The lowest BCUT2D eigenvalue weighted by molar-refractivity contribution is -0.116. The van der Waals surface area contributed by atoms with Crippen LogP contribution in [-0.2, 0) is 17.9 Å². The van der Waals surface area contributed by atoms with Crippen LogP contribution in [0.15, 0.2) is 61.1 Å². The molecule has 4 aromatic rings. The number of nitrogens with one attached hydrogen (secondary N) is 1. The van der Waals surface area contributed by atoms with E-state index in [0.29, 0.717) is 24.0 Å². The average Bonchev–Trinajstić information content (AvgIpc) is 3.42. The number of hydrogen-bond acceptors (Lipinski definition) is 5. The first-order valence-corrected chi connectivity index (χ1v) is 9.90. The Bertz CT molecular complexity index is 1220. The standard InChI is InChI=1S/C22H19FN6O2/c23-17-5-3-15(4-6-17)21-20(22-29(27-21)11-2-12-31-22)16-7-9-24-18(13-16)26-19(30)14-28-10-1-8-25-28/h1,3-10,13H,2,11-12,14H2,(H,24,26,30). The summed E-state index contributed by atoms with van der Waals surface area (Å²) in [6.07, 6.45) is 5.82. The molecule has 1 N–H and O–H groups in total. The number of amides is 1. The summed E-state index contributed by atoms with van der Waals surface area (Å²) in [6, 6.07) is 11.6. The maximum Gasteiger partial charge on any atom is 0.247 e. The van der Waals surface area contributed by atoms with Crippen LogP contribution in [0.3, 0.4) is 0 Å². The van der Waals surface area contributed by atoms with E-state index in [4.69, 9.17) is 9.84 Å². The van der Waals surface area contributed by atoms with Crippen LogP contribution in [0.1, 0.15) is 6.42 Å². The van der Waals surface area contributed by atoms with Crippen LogP contribution in [0.4, 0.5) is 10.2 Å². The lowest BCUT2D eigenvalue weighted by Gasteiger charge is -2.16. The number of halogens is 1. The van der Waals surface area contributed by atoms with Crippen LogP contribution in [0.2, 0.25) is 0 Å². The molecule has 31 heavy (non-hydrogen) atoms. The minimum absolute atomic E-state index is 0.0893. The van der Waals surface area contributed by atoms with Gasteiger partial charge in [0.1, 0.15) is 23.9 Å². The molecule has 1 amide bonds. The van der Waals surface area contributed by atoms with E-state index in [2.05, 4.69) is 15.4 Å². The third-order valence-corrected chi connectivity index (χ3v) is 4.96. The predicted octanol–water partition coefficient (Wildman–Crippen LogP) is 3.37. The van der Waals surface area contributed by atoms with E-state index in [9.17, 15) is 9.18 Å². The van der Waals surface area contributed by atoms with E-state index < -0.39 is 0 Å². The molecule has 9 heteroatoms. The molecule has 1 aromatic carbocycles. The molecular formula is C22H19FN6O2. The fourth-order valence-corrected chi connectivity index (χ4v) is 3.58. The van der Waals surface area contributed by atoms with Crippen LogP contribution in [0.5, 0.6) is 5.88 Å². The number of fused-ring (bicyclic) bond motifs is 1. The molecule has 5 rings (SSSR count). The number of pyridine rings is 1. The number of ether oxygens (including phenoxy) is 1. The van der Waals surface area contributed by atoms with E-state index in [-0.39, 0.29) is 18.3 Å². The topological polar surface area (TPSA) is 86.9 Å². The zero-order chi connectivity index (χ0) is 21.2. The summed E-state index contributed by atoms with van der Waals surface area (Å²) in [5.41, 5.74) is 3.06. The van der Waals surface area contributed by atoms with Crippen molar-refractivity contribution in [2.75, 3.05) is 11.9 Å². The Labute approximate surface area is 177 Å². The molecule has 0 radical (unpaired) electrons. The Kier molecular flexibility index (Phi) is 4.91. The Balaban J connectivity index is 1.51. The Morgan fingerprint density at radius 2 is 2.03 bits per heavy atom. The predicted molar refractivity (Wildman–Crippen MR) is 112 cm³/mol. The lowest BCUT2D eigenvalue weighted by atomic mass is 10.0. The molecule has 0 aliphatic carbocycles. The molecule has 0 unspecified atom stereocenters. The van der Waals surface area contributed by atoms with Gasteiger partial charge in [-0.3, -0.25) is 9.48 Å². The van der Waals surface area contributed by atoms with Crippen molar-refractivity contribution in [1.82, 2.24) is 24.5 Å². The van der Waals surface area contributed by atoms with Gasteiger partial charge >= 0.3 is 0 Å². The van der Waals surface area contributed by atoms with Crippen molar-refractivity contribution in [3.63, 3.8) is 0 Å². The largest absolute Gasteiger partial charge is 0.477 e. The van der Waals surface area contributed by atoms with Gasteiger partial charge in [0.25, 0.3) is 0 Å². The van der Waals surface area contributed by atoms with Crippen molar-refractivity contribution in [2.24, 2.45) is 0 Å². The van der Waals surface area contributed by atoms with Gasteiger partial charge < -0.3 is 10.1 Å². The zero-order valence-electron chi connectivity index (χ0n) is 16.5. The molecule has 1 aliphatic rings. The van der Waals surface area contributed by atoms with Gasteiger partial charge in [0, 0.05) is 37.1 Å². The number of aryl methyl sites for hydroxylation is 1. The molecule has 0 fully saturated rings. The highest BCUT2D eigenvalue weighted by molar-refractivity contribution is 5.91. The maximum absolute atomic E-state index is 13.5. The molecule has 0 bridgehead atoms. The van der Waals surface area contributed by atoms with Gasteiger partial charge in [-0.15, -0.1) is 0 Å². The maximum atomic E-state index is 13.5. The molecule has 0 saturated heterocycles. The van der Waals surface area contributed by atoms with E-state index in [1.807, 2.05) is 10.7 Å². The van der Waals surface area contributed by atoms with E-state index >= 15 is 0 Å². The molecule has 0 spiro atoms. The summed E-state index contributed by atoms with van der Waals surface area (Å²) in [4.78, 5) is 16.6. The molecule has 0 atom stereocenters. The quantitative estimate of drug-likeness (QED) is 0.537. The first kappa shape index (κ1) is 19.0. The summed E-state index contributed by atoms with van der Waals surface area (Å²) in [5, 5.41) is 11.6. The van der Waals surface area contributed by atoms with Crippen LogP contribution >= 0.6 is 0 Å².